The van der Waals surface area contributed by atoms with Gasteiger partial charge in [-0.2, -0.15) is 17.6 Å². The first kappa shape index (κ1) is 13.5. The molecule has 0 aliphatic rings. The third-order valence-electron chi connectivity index (χ3n) is 1.94. The van der Waals surface area contributed by atoms with E-state index in [0.717, 1.165) is 0 Å². The molecule has 0 saturated heterocycles. The lowest BCUT2D eigenvalue weighted by Gasteiger charge is -2.24. The van der Waals surface area contributed by atoms with Crippen molar-refractivity contribution in [3.8, 4) is 0 Å². The monoisotopic (exact) mass is 255 g/mol. The fraction of sp³-hybridized carbons (Fsp3) is 0.444. The fourth-order valence-electron chi connectivity index (χ4n) is 1.03. The molecule has 17 heavy (non-hydrogen) atoms. The lowest BCUT2D eigenvalue weighted by molar-refractivity contribution is -0.307. The number of alkyl halides is 4. The Labute approximate surface area is 93.5 Å². The number of methoxy groups -OCH3 is 1. The number of hydrogen-bond acceptors (Lipinski definition) is 3. The van der Waals surface area contributed by atoms with Gasteiger partial charge in [0.25, 0.3) is 5.91 Å². The molecular weight excluding hydrogens is 246 g/mol. The first-order valence-corrected chi connectivity index (χ1v) is 4.42. The molecule has 0 fully saturated rings. The number of nitrogens with one attached hydrogen (secondary N) is 1. The number of amides is 1. The van der Waals surface area contributed by atoms with Gasteiger partial charge in [-0.1, -0.05) is 0 Å². The highest BCUT2D eigenvalue weighted by atomic mass is 19.4. The third-order valence-corrected chi connectivity index (χ3v) is 1.94. The second-order valence-corrected chi connectivity index (χ2v) is 3.06. The highest BCUT2D eigenvalue weighted by Crippen LogP contribution is 2.34. The lowest BCUT2D eigenvalue weighted by atomic mass is 10.2. The highest BCUT2D eigenvalue weighted by Gasteiger charge is 2.63. The van der Waals surface area contributed by atoms with Crippen LogP contribution >= 0.6 is 0 Å². The van der Waals surface area contributed by atoms with Crippen molar-refractivity contribution < 1.29 is 31.5 Å². The summed E-state index contributed by atoms with van der Waals surface area (Å²) in [6.45, 7) is -0.364. The Balaban J connectivity index is 2.68. The molecule has 0 bridgehead atoms. The van der Waals surface area contributed by atoms with Crippen LogP contribution in [0.15, 0.2) is 22.8 Å². The van der Waals surface area contributed by atoms with Crippen LogP contribution in [0.25, 0.3) is 0 Å². The quantitative estimate of drug-likeness (QED) is 0.834. The predicted molar refractivity (Wildman–Crippen MR) is 47.5 cm³/mol. The van der Waals surface area contributed by atoms with Gasteiger partial charge in [0.05, 0.1) is 12.8 Å². The van der Waals surface area contributed by atoms with E-state index in [1.165, 1.54) is 18.4 Å². The second-order valence-electron chi connectivity index (χ2n) is 3.06. The van der Waals surface area contributed by atoms with Gasteiger partial charge in [-0.05, 0) is 12.1 Å². The molecule has 96 valence electrons. The molecular formula is C9H9F4NO3. The van der Waals surface area contributed by atoms with E-state index in [4.69, 9.17) is 4.42 Å². The molecule has 1 atom stereocenters. The normalized spacial score (nSPS) is 15.4. The SMILES string of the molecule is CO[C@@](F)(C(=O)NCc1ccco1)C(F)(F)F. The Bertz CT molecular complexity index is 376. The van der Waals surface area contributed by atoms with Crippen LogP contribution in [0, 0.1) is 0 Å². The van der Waals surface area contributed by atoms with E-state index in [9.17, 15) is 22.4 Å². The van der Waals surface area contributed by atoms with Crippen molar-refractivity contribution in [1.29, 1.82) is 0 Å². The van der Waals surface area contributed by atoms with Crippen molar-refractivity contribution in [1.82, 2.24) is 5.32 Å². The standard InChI is InChI=1S/C9H9F4NO3/c1-16-8(10,9(11,12)13)7(15)14-5-6-3-2-4-17-6/h2-4H,5H2,1H3,(H,14,15)/t8-/m0/s1. The zero-order valence-corrected chi connectivity index (χ0v) is 8.68. The summed E-state index contributed by atoms with van der Waals surface area (Å²) in [7, 11) is 0.458. The molecule has 1 aromatic heterocycles. The number of carbonyl (C=O) groups excluding carboxylic acids is 1. The third kappa shape index (κ3) is 2.76. The van der Waals surface area contributed by atoms with Crippen molar-refractivity contribution in [2.24, 2.45) is 0 Å². The first-order chi connectivity index (χ1) is 7.81. The molecule has 0 aromatic carbocycles. The maximum atomic E-state index is 13.3. The largest absolute Gasteiger partial charge is 0.467 e. The minimum absolute atomic E-state index is 0.193. The molecule has 0 radical (unpaired) electrons. The Kier molecular flexibility index (Phi) is 3.76. The van der Waals surface area contributed by atoms with E-state index in [1.807, 2.05) is 0 Å². The Morgan fingerprint density at radius 3 is 2.53 bits per heavy atom. The van der Waals surface area contributed by atoms with Crippen LogP contribution in [0.1, 0.15) is 5.76 Å². The number of furan rings is 1. The predicted octanol–water partition coefficient (Wildman–Crippen LogP) is 1.77. The zero-order valence-electron chi connectivity index (χ0n) is 8.68. The van der Waals surface area contributed by atoms with Gasteiger partial charge in [0.15, 0.2) is 0 Å². The molecule has 0 spiro atoms. The second kappa shape index (κ2) is 4.74. The van der Waals surface area contributed by atoms with Crippen molar-refractivity contribution in [2.45, 2.75) is 18.6 Å². The molecule has 1 N–H and O–H groups in total. The molecule has 0 unspecified atom stereocenters. The van der Waals surface area contributed by atoms with Crippen LogP contribution < -0.4 is 5.32 Å². The van der Waals surface area contributed by atoms with Gasteiger partial charge in [0.2, 0.25) is 0 Å². The van der Waals surface area contributed by atoms with E-state index in [1.54, 1.807) is 5.32 Å². The number of carbonyl (C=O) groups is 1. The average molecular weight is 255 g/mol. The Hall–Kier alpha value is -1.57. The fourth-order valence-corrected chi connectivity index (χ4v) is 1.03. The van der Waals surface area contributed by atoms with Gasteiger partial charge in [-0.15, -0.1) is 0 Å². The summed E-state index contributed by atoms with van der Waals surface area (Å²) in [6, 6.07) is 2.89. The summed E-state index contributed by atoms with van der Waals surface area (Å²) in [5, 5.41) is 1.73. The van der Waals surface area contributed by atoms with Crippen molar-refractivity contribution >= 4 is 5.91 Å². The summed E-state index contributed by atoms with van der Waals surface area (Å²) in [6.07, 6.45) is -4.18. The Morgan fingerprint density at radius 1 is 1.47 bits per heavy atom. The minimum Gasteiger partial charge on any atom is -0.467 e. The van der Waals surface area contributed by atoms with Crippen molar-refractivity contribution in [3.63, 3.8) is 0 Å². The van der Waals surface area contributed by atoms with Crippen molar-refractivity contribution in [2.75, 3.05) is 7.11 Å². The molecule has 1 aromatic rings. The number of halogens is 4. The van der Waals surface area contributed by atoms with Gasteiger partial charge in [-0.25, -0.2) is 0 Å². The van der Waals surface area contributed by atoms with Gasteiger partial charge < -0.3 is 14.5 Å². The van der Waals surface area contributed by atoms with Crippen LogP contribution in [-0.4, -0.2) is 25.0 Å². The summed E-state index contributed by atoms with van der Waals surface area (Å²) in [5.41, 5.74) is 0. The van der Waals surface area contributed by atoms with Crippen LogP contribution in [0.3, 0.4) is 0 Å². The van der Waals surface area contributed by atoms with E-state index in [-0.39, 0.29) is 12.3 Å². The first-order valence-electron chi connectivity index (χ1n) is 4.42. The molecule has 1 amide bonds. The van der Waals surface area contributed by atoms with Crippen LogP contribution in [-0.2, 0) is 16.1 Å². The molecule has 8 heteroatoms. The minimum atomic E-state index is -5.45. The lowest BCUT2D eigenvalue weighted by Crippen LogP contribution is -2.54. The molecule has 1 heterocycles. The number of rotatable bonds is 4. The maximum absolute atomic E-state index is 13.3. The summed E-state index contributed by atoms with van der Waals surface area (Å²) >= 11 is 0. The highest BCUT2D eigenvalue weighted by molar-refractivity contribution is 5.84. The average Bonchev–Trinajstić information content (AvgIpc) is 2.75. The smallest absolute Gasteiger partial charge is 0.458 e. The van der Waals surface area contributed by atoms with Gasteiger partial charge in [0, 0.05) is 7.11 Å². The number of hydrogen-bond donors (Lipinski definition) is 1. The van der Waals surface area contributed by atoms with Gasteiger partial charge in [-0.3, -0.25) is 4.79 Å². The molecule has 4 nitrogen and oxygen atoms in total. The summed E-state index contributed by atoms with van der Waals surface area (Å²) < 4.78 is 58.3. The van der Waals surface area contributed by atoms with Crippen molar-refractivity contribution in [3.05, 3.63) is 24.2 Å². The molecule has 0 saturated carbocycles. The molecule has 0 aliphatic heterocycles. The van der Waals surface area contributed by atoms with Gasteiger partial charge >= 0.3 is 12.0 Å². The molecule has 0 aliphatic carbocycles. The van der Waals surface area contributed by atoms with Crippen LogP contribution in [0.2, 0.25) is 0 Å². The van der Waals surface area contributed by atoms with Crippen LogP contribution in [0.4, 0.5) is 17.6 Å². The summed E-state index contributed by atoms with van der Waals surface area (Å²) in [5.74, 6) is -6.09. The van der Waals surface area contributed by atoms with E-state index < -0.39 is 17.9 Å². The maximum Gasteiger partial charge on any atom is 0.458 e. The number of ether oxygens (including phenoxy) is 1. The summed E-state index contributed by atoms with van der Waals surface area (Å²) in [4.78, 5) is 11.1. The Morgan fingerprint density at radius 2 is 2.12 bits per heavy atom. The van der Waals surface area contributed by atoms with Crippen LogP contribution in [0.5, 0.6) is 0 Å². The zero-order chi connectivity index (χ0) is 13.1. The van der Waals surface area contributed by atoms with E-state index in [2.05, 4.69) is 4.74 Å². The molecule has 1 rings (SSSR count). The van der Waals surface area contributed by atoms with Gasteiger partial charge in [0.1, 0.15) is 5.76 Å². The van der Waals surface area contributed by atoms with E-state index in [0.29, 0.717) is 7.11 Å². The van der Waals surface area contributed by atoms with E-state index >= 15 is 0 Å². The topological polar surface area (TPSA) is 51.5 Å².